The van der Waals surface area contributed by atoms with Crippen molar-refractivity contribution in [3.8, 4) is 11.1 Å². The molecule has 4 N–H and O–H groups in total. The molecule has 7 heteroatoms. The molecule has 0 aliphatic heterocycles. The van der Waals surface area contributed by atoms with E-state index >= 15 is 0 Å². The van der Waals surface area contributed by atoms with E-state index in [1.807, 2.05) is 44.2 Å². The normalized spacial score (nSPS) is 10.6. The maximum atomic E-state index is 12.5. The molecule has 0 bridgehead atoms. The van der Waals surface area contributed by atoms with Gasteiger partial charge in [0.1, 0.15) is 11.4 Å². The van der Waals surface area contributed by atoms with Crippen LogP contribution in [0.3, 0.4) is 0 Å². The van der Waals surface area contributed by atoms with E-state index in [1.165, 1.54) is 0 Å². The highest BCUT2D eigenvalue weighted by atomic mass is 16.2. The topological polar surface area (TPSA) is 110 Å². The van der Waals surface area contributed by atoms with Crippen molar-refractivity contribution in [3.63, 3.8) is 0 Å². The second-order valence-electron chi connectivity index (χ2n) is 6.92. The lowest BCUT2D eigenvalue weighted by Gasteiger charge is -2.09. The average Bonchev–Trinajstić information content (AvgIpc) is 2.72. The number of rotatable bonds is 6. The van der Waals surface area contributed by atoms with Gasteiger partial charge in [0.05, 0.1) is 0 Å². The number of nitrogen functional groups attached to an aromatic ring is 1. The Bertz CT molecular complexity index is 1020. The number of nitrogens with zero attached hydrogens (tertiary/aromatic N) is 2. The summed E-state index contributed by atoms with van der Waals surface area (Å²) < 4.78 is 0. The number of pyridine rings is 2. The molecule has 0 radical (unpaired) electrons. The first-order valence-electron chi connectivity index (χ1n) is 9.28. The molecule has 0 aliphatic rings. The minimum atomic E-state index is -0.359. The molecule has 7 nitrogen and oxygen atoms in total. The molecule has 0 unspecified atom stereocenters. The van der Waals surface area contributed by atoms with Gasteiger partial charge in [0, 0.05) is 36.2 Å². The summed E-state index contributed by atoms with van der Waals surface area (Å²) in [6, 6.07) is 14.2. The number of anilines is 1. The van der Waals surface area contributed by atoms with Crippen molar-refractivity contribution in [1.29, 1.82) is 0 Å². The van der Waals surface area contributed by atoms with Crippen molar-refractivity contribution in [2.45, 2.75) is 26.4 Å². The number of aromatic nitrogens is 2. The zero-order chi connectivity index (χ0) is 20.8. The van der Waals surface area contributed by atoms with Crippen molar-refractivity contribution < 1.29 is 9.59 Å². The predicted molar refractivity (Wildman–Crippen MR) is 112 cm³/mol. The number of nitrogens with two attached hydrogens (primary N) is 1. The third kappa shape index (κ3) is 5.38. The zero-order valence-corrected chi connectivity index (χ0v) is 16.3. The van der Waals surface area contributed by atoms with Gasteiger partial charge < -0.3 is 16.4 Å². The van der Waals surface area contributed by atoms with Crippen LogP contribution in [0.1, 0.15) is 40.4 Å². The fraction of sp³-hybridized carbons (Fsp3) is 0.182. The average molecular weight is 389 g/mol. The number of benzene rings is 1. The molecule has 3 rings (SSSR count). The lowest BCUT2D eigenvalue weighted by Crippen LogP contribution is -2.31. The van der Waals surface area contributed by atoms with Crippen LogP contribution in [-0.4, -0.2) is 27.8 Å². The first-order chi connectivity index (χ1) is 13.9. The van der Waals surface area contributed by atoms with E-state index in [-0.39, 0.29) is 29.2 Å². The molecule has 2 aromatic heterocycles. The molecule has 0 spiro atoms. The fourth-order valence-corrected chi connectivity index (χ4v) is 2.71. The Balaban J connectivity index is 1.67. The minimum Gasteiger partial charge on any atom is -0.399 e. The number of hydrogen-bond donors (Lipinski definition) is 3. The third-order valence-electron chi connectivity index (χ3n) is 4.13. The second-order valence-corrected chi connectivity index (χ2v) is 6.92. The lowest BCUT2D eigenvalue weighted by atomic mass is 10.1. The summed E-state index contributed by atoms with van der Waals surface area (Å²) in [5.74, 6) is -0.669. The lowest BCUT2D eigenvalue weighted by molar-refractivity contribution is 0.0936. The standard InChI is InChI=1S/C22H23N5O2/c1-14(2)26-22(29)20-5-3-4-19(27-20)21(28)25-12-15-10-17(13-24-11-15)16-6-8-18(23)9-7-16/h3-11,13-14H,12,23H2,1-2H3,(H,25,28)(H,26,29). The summed E-state index contributed by atoms with van der Waals surface area (Å²) in [7, 11) is 0. The molecular formula is C22H23N5O2. The van der Waals surface area contributed by atoms with Gasteiger partial charge in [-0.3, -0.25) is 14.6 Å². The third-order valence-corrected chi connectivity index (χ3v) is 4.13. The van der Waals surface area contributed by atoms with Gasteiger partial charge in [-0.25, -0.2) is 4.98 Å². The Morgan fingerprint density at radius 3 is 2.34 bits per heavy atom. The van der Waals surface area contributed by atoms with Crippen LogP contribution in [0.2, 0.25) is 0 Å². The van der Waals surface area contributed by atoms with E-state index in [1.54, 1.807) is 30.6 Å². The highest BCUT2D eigenvalue weighted by Gasteiger charge is 2.13. The van der Waals surface area contributed by atoms with E-state index in [9.17, 15) is 9.59 Å². The summed E-state index contributed by atoms with van der Waals surface area (Å²) in [5.41, 5.74) is 9.59. The molecule has 1 aromatic carbocycles. The van der Waals surface area contributed by atoms with Crippen molar-refractivity contribution in [2.75, 3.05) is 5.73 Å². The summed E-state index contributed by atoms with van der Waals surface area (Å²) in [6.45, 7) is 4.01. The first kappa shape index (κ1) is 20.0. The largest absolute Gasteiger partial charge is 0.399 e. The van der Waals surface area contributed by atoms with Crippen LogP contribution >= 0.6 is 0 Å². The van der Waals surface area contributed by atoms with Gasteiger partial charge >= 0.3 is 0 Å². The molecule has 29 heavy (non-hydrogen) atoms. The van der Waals surface area contributed by atoms with Gasteiger partial charge in [-0.2, -0.15) is 0 Å². The van der Waals surface area contributed by atoms with E-state index in [2.05, 4.69) is 20.6 Å². The molecular weight excluding hydrogens is 366 g/mol. The van der Waals surface area contributed by atoms with Gasteiger partial charge in [0.15, 0.2) is 0 Å². The molecule has 0 fully saturated rings. The Hall–Kier alpha value is -3.74. The van der Waals surface area contributed by atoms with Crippen molar-refractivity contribution >= 4 is 17.5 Å². The summed E-state index contributed by atoms with van der Waals surface area (Å²) >= 11 is 0. The van der Waals surface area contributed by atoms with Crippen LogP contribution in [0, 0.1) is 0 Å². The molecule has 0 aliphatic carbocycles. The van der Waals surface area contributed by atoms with Crippen LogP contribution in [0.5, 0.6) is 0 Å². The smallest absolute Gasteiger partial charge is 0.270 e. The molecule has 148 valence electrons. The van der Waals surface area contributed by atoms with Gasteiger partial charge in [0.25, 0.3) is 11.8 Å². The Kier molecular flexibility index (Phi) is 6.19. The van der Waals surface area contributed by atoms with Crippen molar-refractivity contribution in [1.82, 2.24) is 20.6 Å². The molecule has 2 heterocycles. The molecule has 0 saturated heterocycles. The Labute approximate surface area is 169 Å². The number of nitrogens with one attached hydrogen (secondary N) is 2. The number of amides is 2. The van der Waals surface area contributed by atoms with Crippen LogP contribution in [-0.2, 0) is 6.54 Å². The highest BCUT2D eigenvalue weighted by Crippen LogP contribution is 2.20. The summed E-state index contributed by atoms with van der Waals surface area (Å²) in [4.78, 5) is 33.0. The van der Waals surface area contributed by atoms with Gasteiger partial charge in [-0.1, -0.05) is 18.2 Å². The monoisotopic (exact) mass is 389 g/mol. The maximum absolute atomic E-state index is 12.5. The second kappa shape index (κ2) is 8.97. The highest BCUT2D eigenvalue weighted by molar-refractivity contribution is 5.96. The quantitative estimate of drug-likeness (QED) is 0.562. The predicted octanol–water partition coefficient (Wildman–Crippen LogP) is 2.79. The zero-order valence-electron chi connectivity index (χ0n) is 16.3. The van der Waals surface area contributed by atoms with E-state index in [4.69, 9.17) is 5.73 Å². The van der Waals surface area contributed by atoms with Gasteiger partial charge in [0.2, 0.25) is 0 Å². The fourth-order valence-electron chi connectivity index (χ4n) is 2.71. The van der Waals surface area contributed by atoms with Gasteiger partial charge in [-0.05, 0) is 55.3 Å². The van der Waals surface area contributed by atoms with E-state index in [0.717, 1.165) is 16.7 Å². The van der Waals surface area contributed by atoms with Crippen molar-refractivity contribution in [3.05, 3.63) is 77.9 Å². The van der Waals surface area contributed by atoms with Crippen molar-refractivity contribution in [2.24, 2.45) is 0 Å². The summed E-state index contributed by atoms with van der Waals surface area (Å²) in [5, 5.41) is 5.58. The first-order valence-corrected chi connectivity index (χ1v) is 9.28. The minimum absolute atomic E-state index is 0.0115. The molecule has 0 saturated carbocycles. The van der Waals surface area contributed by atoms with Crippen LogP contribution in [0.4, 0.5) is 5.69 Å². The number of hydrogen-bond acceptors (Lipinski definition) is 5. The SMILES string of the molecule is CC(C)NC(=O)c1cccc(C(=O)NCc2cncc(-c3ccc(N)cc3)c2)n1. The van der Waals surface area contributed by atoms with Gasteiger partial charge in [-0.15, -0.1) is 0 Å². The number of carbonyl (C=O) groups excluding carboxylic acids is 2. The Morgan fingerprint density at radius 1 is 0.966 bits per heavy atom. The summed E-state index contributed by atoms with van der Waals surface area (Å²) in [6.07, 6.45) is 3.45. The number of carbonyl (C=O) groups is 2. The molecule has 0 atom stereocenters. The van der Waals surface area contributed by atoms with Crippen LogP contribution < -0.4 is 16.4 Å². The molecule has 3 aromatic rings. The molecule has 2 amide bonds. The maximum Gasteiger partial charge on any atom is 0.270 e. The van der Waals surface area contributed by atoms with Crippen LogP contribution in [0.25, 0.3) is 11.1 Å². The van der Waals surface area contributed by atoms with Crippen LogP contribution in [0.15, 0.2) is 60.9 Å². The van der Waals surface area contributed by atoms with E-state index in [0.29, 0.717) is 12.2 Å². The van der Waals surface area contributed by atoms with E-state index < -0.39 is 0 Å². The Morgan fingerprint density at radius 2 is 1.66 bits per heavy atom.